The monoisotopic (exact) mass is 287 g/mol. The zero-order chi connectivity index (χ0) is 14.8. The fraction of sp³-hybridized carbons (Fsp3) is 0.438. The number of fused-ring (bicyclic) bond motifs is 1. The van der Waals surface area contributed by atoms with E-state index < -0.39 is 0 Å². The highest BCUT2D eigenvalue weighted by molar-refractivity contribution is 5.41. The third-order valence-electron chi connectivity index (χ3n) is 3.70. The van der Waals surface area contributed by atoms with E-state index in [0.29, 0.717) is 0 Å². The predicted molar refractivity (Wildman–Crippen MR) is 80.3 cm³/mol. The van der Waals surface area contributed by atoms with Crippen molar-refractivity contribution in [1.29, 1.82) is 0 Å². The second-order valence-electron chi connectivity index (χ2n) is 5.60. The Morgan fingerprint density at radius 2 is 2.29 bits per heavy atom. The quantitative estimate of drug-likeness (QED) is 0.803. The Kier molecular flexibility index (Phi) is 3.94. The molecule has 1 aliphatic heterocycles. The van der Waals surface area contributed by atoms with Crippen LogP contribution in [0.5, 0.6) is 5.75 Å². The maximum atomic E-state index is 9.59. The summed E-state index contributed by atoms with van der Waals surface area (Å²) in [5.74, 6) is 0.745. The second kappa shape index (κ2) is 5.87. The zero-order valence-corrected chi connectivity index (χ0v) is 12.4. The van der Waals surface area contributed by atoms with E-state index in [4.69, 9.17) is 4.74 Å². The van der Waals surface area contributed by atoms with Crippen LogP contribution in [0.4, 0.5) is 0 Å². The molecule has 3 rings (SSSR count). The van der Waals surface area contributed by atoms with Crippen molar-refractivity contribution < 1.29 is 9.84 Å². The molecule has 1 aliphatic rings. The summed E-state index contributed by atoms with van der Waals surface area (Å²) in [6.07, 6.45) is 2.80. The van der Waals surface area contributed by atoms with Gasteiger partial charge in [-0.25, -0.2) is 4.98 Å². The largest absolute Gasteiger partial charge is 0.491 e. The van der Waals surface area contributed by atoms with Gasteiger partial charge in [-0.15, -0.1) is 0 Å². The molecule has 1 aromatic carbocycles. The van der Waals surface area contributed by atoms with Gasteiger partial charge in [0.1, 0.15) is 5.75 Å². The Morgan fingerprint density at radius 1 is 1.43 bits per heavy atom. The first-order valence-corrected chi connectivity index (χ1v) is 7.35. The van der Waals surface area contributed by atoms with Gasteiger partial charge >= 0.3 is 0 Å². The van der Waals surface area contributed by atoms with Gasteiger partial charge in [0.2, 0.25) is 0 Å². The minimum Gasteiger partial charge on any atom is -0.491 e. The summed E-state index contributed by atoms with van der Waals surface area (Å²) in [4.78, 5) is 7.63. The summed E-state index contributed by atoms with van der Waals surface area (Å²) in [5.41, 5.74) is 4.14. The van der Waals surface area contributed by atoms with Gasteiger partial charge in [-0.2, -0.15) is 0 Å². The van der Waals surface area contributed by atoms with E-state index in [1.165, 1.54) is 5.69 Å². The van der Waals surface area contributed by atoms with Crippen LogP contribution < -0.4 is 10.1 Å². The highest BCUT2D eigenvalue weighted by Gasteiger charge is 2.24. The molecule has 1 atom stereocenters. The molecule has 5 nitrogen and oxygen atoms in total. The number of imidazole rings is 1. The summed E-state index contributed by atoms with van der Waals surface area (Å²) in [5, 5.41) is 13.1. The minimum atomic E-state index is -0.0317. The van der Waals surface area contributed by atoms with Crippen molar-refractivity contribution in [2.45, 2.75) is 39.0 Å². The van der Waals surface area contributed by atoms with E-state index in [-0.39, 0.29) is 18.8 Å². The average Bonchev–Trinajstić information content (AvgIpc) is 2.95. The van der Waals surface area contributed by atoms with Gasteiger partial charge in [0.25, 0.3) is 0 Å². The molecule has 0 saturated heterocycles. The maximum absolute atomic E-state index is 9.59. The fourth-order valence-corrected chi connectivity index (χ4v) is 2.77. The van der Waals surface area contributed by atoms with Crippen LogP contribution in [-0.2, 0) is 13.0 Å². The SMILES string of the molecule is CC(C)Oc1ccc(C2NCCc3[nH]cnc32)cc1CO. The van der Waals surface area contributed by atoms with Crippen LogP contribution in [0.15, 0.2) is 24.5 Å². The molecule has 3 N–H and O–H groups in total. The smallest absolute Gasteiger partial charge is 0.125 e. The summed E-state index contributed by atoms with van der Waals surface area (Å²) >= 11 is 0. The van der Waals surface area contributed by atoms with Crippen molar-refractivity contribution >= 4 is 0 Å². The molecule has 0 radical (unpaired) electrons. The standard InChI is InChI=1S/C16H21N3O2/c1-10(2)21-14-4-3-11(7-12(14)8-20)15-16-13(5-6-17-15)18-9-19-16/h3-4,7,9-10,15,17,20H,5-6,8H2,1-2H3,(H,18,19). The van der Waals surface area contributed by atoms with E-state index in [2.05, 4.69) is 15.3 Å². The van der Waals surface area contributed by atoms with Crippen LogP contribution in [0.25, 0.3) is 0 Å². The number of hydrogen-bond donors (Lipinski definition) is 3. The molecule has 0 spiro atoms. The molecule has 0 fully saturated rings. The highest BCUT2D eigenvalue weighted by Crippen LogP contribution is 2.30. The van der Waals surface area contributed by atoms with Crippen molar-refractivity contribution in [3.05, 3.63) is 47.0 Å². The molecule has 2 heterocycles. The van der Waals surface area contributed by atoms with E-state index >= 15 is 0 Å². The number of aliphatic hydroxyl groups excluding tert-OH is 1. The first-order chi connectivity index (χ1) is 10.2. The molecule has 112 valence electrons. The van der Waals surface area contributed by atoms with E-state index in [1.807, 2.05) is 32.0 Å². The average molecular weight is 287 g/mol. The summed E-state index contributed by atoms with van der Waals surface area (Å²) < 4.78 is 5.73. The number of aromatic nitrogens is 2. The van der Waals surface area contributed by atoms with Crippen LogP contribution in [-0.4, -0.2) is 27.7 Å². The molecule has 21 heavy (non-hydrogen) atoms. The van der Waals surface area contributed by atoms with Gasteiger partial charge in [-0.05, 0) is 31.5 Å². The lowest BCUT2D eigenvalue weighted by molar-refractivity contribution is 0.225. The topological polar surface area (TPSA) is 70.2 Å². The van der Waals surface area contributed by atoms with E-state index in [1.54, 1.807) is 6.33 Å². The number of nitrogens with one attached hydrogen (secondary N) is 2. The molecule has 5 heteroatoms. The van der Waals surface area contributed by atoms with Crippen molar-refractivity contribution in [3.63, 3.8) is 0 Å². The fourth-order valence-electron chi connectivity index (χ4n) is 2.77. The Hall–Kier alpha value is -1.85. The van der Waals surface area contributed by atoms with Gasteiger partial charge in [0, 0.05) is 24.2 Å². The van der Waals surface area contributed by atoms with Gasteiger partial charge in [0.05, 0.1) is 30.8 Å². The number of aliphatic hydroxyl groups is 1. The van der Waals surface area contributed by atoms with Crippen LogP contribution in [0.3, 0.4) is 0 Å². The second-order valence-corrected chi connectivity index (χ2v) is 5.60. The Labute approximate surface area is 124 Å². The van der Waals surface area contributed by atoms with Crippen molar-refractivity contribution in [2.75, 3.05) is 6.54 Å². The zero-order valence-electron chi connectivity index (χ0n) is 12.4. The molecular formula is C16H21N3O2. The molecule has 0 saturated carbocycles. The maximum Gasteiger partial charge on any atom is 0.125 e. The molecular weight excluding hydrogens is 266 g/mol. The lowest BCUT2D eigenvalue weighted by atomic mass is 9.96. The van der Waals surface area contributed by atoms with Gasteiger partial charge in [-0.3, -0.25) is 0 Å². The minimum absolute atomic E-state index is 0.0317. The summed E-state index contributed by atoms with van der Waals surface area (Å²) in [6, 6.07) is 6.04. The first kappa shape index (κ1) is 14.1. The molecule has 0 aliphatic carbocycles. The number of ether oxygens (including phenoxy) is 1. The predicted octanol–water partition coefficient (Wildman–Crippen LogP) is 1.92. The highest BCUT2D eigenvalue weighted by atomic mass is 16.5. The Morgan fingerprint density at radius 3 is 3.05 bits per heavy atom. The van der Waals surface area contributed by atoms with E-state index in [0.717, 1.165) is 35.5 Å². The Balaban J connectivity index is 1.94. The Bertz CT molecular complexity index is 622. The molecule has 2 aromatic rings. The first-order valence-electron chi connectivity index (χ1n) is 7.35. The molecule has 0 bridgehead atoms. The van der Waals surface area contributed by atoms with E-state index in [9.17, 15) is 5.11 Å². The molecule has 0 amide bonds. The third-order valence-corrected chi connectivity index (χ3v) is 3.70. The van der Waals surface area contributed by atoms with Crippen LogP contribution in [0, 0.1) is 0 Å². The summed E-state index contributed by atoms with van der Waals surface area (Å²) in [6.45, 7) is 4.84. The lowest BCUT2D eigenvalue weighted by Gasteiger charge is -2.24. The van der Waals surface area contributed by atoms with Gasteiger partial charge in [-0.1, -0.05) is 6.07 Å². The lowest BCUT2D eigenvalue weighted by Crippen LogP contribution is -2.30. The van der Waals surface area contributed by atoms with Crippen molar-refractivity contribution in [3.8, 4) is 5.75 Å². The number of rotatable bonds is 4. The van der Waals surface area contributed by atoms with Crippen LogP contribution in [0.2, 0.25) is 0 Å². The van der Waals surface area contributed by atoms with Crippen LogP contribution >= 0.6 is 0 Å². The van der Waals surface area contributed by atoms with Crippen molar-refractivity contribution in [1.82, 2.24) is 15.3 Å². The number of aromatic amines is 1. The normalized spacial score (nSPS) is 17.8. The van der Waals surface area contributed by atoms with Gasteiger partial charge < -0.3 is 20.1 Å². The summed E-state index contributed by atoms with van der Waals surface area (Å²) in [7, 11) is 0. The third kappa shape index (κ3) is 2.80. The molecule has 1 unspecified atom stereocenters. The number of hydrogen-bond acceptors (Lipinski definition) is 4. The number of benzene rings is 1. The van der Waals surface area contributed by atoms with Crippen LogP contribution in [0.1, 0.15) is 42.4 Å². The van der Waals surface area contributed by atoms with Crippen molar-refractivity contribution in [2.24, 2.45) is 0 Å². The van der Waals surface area contributed by atoms with Gasteiger partial charge in [0.15, 0.2) is 0 Å². The molecule has 1 aromatic heterocycles. The number of H-pyrrole nitrogens is 1. The number of nitrogens with zero attached hydrogens (tertiary/aromatic N) is 1.